The number of carbonyl (C=O) groups excluding carboxylic acids is 1. The molecule has 0 unspecified atom stereocenters. The number of fused-ring (bicyclic) bond motifs is 1. The van der Waals surface area contributed by atoms with Crippen LogP contribution in [0.15, 0.2) is 24.3 Å². The Hall–Kier alpha value is -0.480. The minimum atomic E-state index is 0.172. The average molecular weight is 314 g/mol. The normalized spacial score (nSPS) is 14.2. The summed E-state index contributed by atoms with van der Waals surface area (Å²) in [5.41, 5.74) is 2.03. The summed E-state index contributed by atoms with van der Waals surface area (Å²) in [5, 5.41) is 1.08. The van der Waals surface area contributed by atoms with Gasteiger partial charge in [0.2, 0.25) is 0 Å². The van der Waals surface area contributed by atoms with E-state index in [0.717, 1.165) is 28.8 Å². The lowest BCUT2D eigenvalue weighted by atomic mass is 10.1. The SMILES string of the molecule is O=C1c2ccccc2CN1SCCCCCBr. The van der Waals surface area contributed by atoms with Gasteiger partial charge in [-0.05, 0) is 36.4 Å². The van der Waals surface area contributed by atoms with Crippen LogP contribution in [-0.2, 0) is 6.54 Å². The molecule has 1 aliphatic rings. The molecule has 4 heteroatoms. The van der Waals surface area contributed by atoms with E-state index in [2.05, 4.69) is 15.9 Å². The van der Waals surface area contributed by atoms with Crippen molar-refractivity contribution >= 4 is 33.8 Å². The molecular weight excluding hydrogens is 298 g/mol. The molecule has 1 aliphatic heterocycles. The van der Waals surface area contributed by atoms with Gasteiger partial charge < -0.3 is 0 Å². The molecule has 0 aliphatic carbocycles. The van der Waals surface area contributed by atoms with Crippen LogP contribution < -0.4 is 0 Å². The predicted molar refractivity (Wildman–Crippen MR) is 76.4 cm³/mol. The van der Waals surface area contributed by atoms with Crippen molar-refractivity contribution in [2.45, 2.75) is 25.8 Å². The van der Waals surface area contributed by atoms with Crippen molar-refractivity contribution < 1.29 is 4.79 Å². The van der Waals surface area contributed by atoms with E-state index < -0.39 is 0 Å². The molecule has 92 valence electrons. The lowest BCUT2D eigenvalue weighted by molar-refractivity contribution is 0.0889. The summed E-state index contributed by atoms with van der Waals surface area (Å²) in [7, 11) is 0. The first-order chi connectivity index (χ1) is 8.33. The molecule has 0 saturated heterocycles. The molecule has 0 radical (unpaired) electrons. The molecule has 0 fully saturated rings. The number of nitrogens with zero attached hydrogens (tertiary/aromatic N) is 1. The van der Waals surface area contributed by atoms with Crippen molar-refractivity contribution in [2.24, 2.45) is 0 Å². The van der Waals surface area contributed by atoms with Gasteiger partial charge in [0.05, 0.1) is 6.54 Å². The van der Waals surface area contributed by atoms with E-state index in [9.17, 15) is 4.79 Å². The Kier molecular flexibility index (Phi) is 4.92. The van der Waals surface area contributed by atoms with Gasteiger partial charge in [0.25, 0.3) is 5.91 Å². The van der Waals surface area contributed by atoms with Gasteiger partial charge in [0.15, 0.2) is 0 Å². The molecule has 1 aromatic rings. The van der Waals surface area contributed by atoms with Crippen LogP contribution in [0.1, 0.15) is 35.2 Å². The zero-order chi connectivity index (χ0) is 12.1. The lowest BCUT2D eigenvalue weighted by Gasteiger charge is -2.13. The monoisotopic (exact) mass is 313 g/mol. The molecule has 0 N–H and O–H groups in total. The highest BCUT2D eigenvalue weighted by atomic mass is 79.9. The fourth-order valence-corrected chi connectivity index (χ4v) is 3.28. The zero-order valence-corrected chi connectivity index (χ0v) is 12.1. The minimum Gasteiger partial charge on any atom is -0.278 e. The van der Waals surface area contributed by atoms with Crippen LogP contribution in [0.3, 0.4) is 0 Å². The van der Waals surface area contributed by atoms with E-state index in [-0.39, 0.29) is 5.91 Å². The molecule has 2 rings (SSSR count). The fraction of sp³-hybridized carbons (Fsp3) is 0.462. The van der Waals surface area contributed by atoms with Crippen molar-refractivity contribution in [1.29, 1.82) is 0 Å². The predicted octanol–water partition coefficient (Wildman–Crippen LogP) is 3.86. The maximum Gasteiger partial charge on any atom is 0.264 e. The van der Waals surface area contributed by atoms with Crippen molar-refractivity contribution in [1.82, 2.24) is 4.31 Å². The summed E-state index contributed by atoms with van der Waals surface area (Å²) >= 11 is 5.09. The van der Waals surface area contributed by atoms with Gasteiger partial charge in [-0.2, -0.15) is 0 Å². The van der Waals surface area contributed by atoms with Crippen LogP contribution in [-0.4, -0.2) is 21.3 Å². The number of benzene rings is 1. The highest BCUT2D eigenvalue weighted by Gasteiger charge is 2.26. The molecule has 1 heterocycles. The van der Waals surface area contributed by atoms with Gasteiger partial charge in [-0.25, -0.2) is 0 Å². The summed E-state index contributed by atoms with van der Waals surface area (Å²) < 4.78 is 1.89. The first-order valence-corrected chi connectivity index (χ1v) is 7.98. The molecule has 1 aromatic carbocycles. The van der Waals surface area contributed by atoms with E-state index in [4.69, 9.17) is 0 Å². The van der Waals surface area contributed by atoms with Gasteiger partial charge in [0.1, 0.15) is 0 Å². The van der Waals surface area contributed by atoms with E-state index in [1.165, 1.54) is 19.3 Å². The Morgan fingerprint density at radius 3 is 2.82 bits per heavy atom. The zero-order valence-electron chi connectivity index (χ0n) is 9.69. The van der Waals surface area contributed by atoms with Gasteiger partial charge in [0, 0.05) is 16.6 Å². The average Bonchev–Trinajstić information content (AvgIpc) is 2.67. The summed E-state index contributed by atoms with van der Waals surface area (Å²) in [6, 6.07) is 7.89. The summed E-state index contributed by atoms with van der Waals surface area (Å²) in [4.78, 5) is 12.0. The quantitative estimate of drug-likeness (QED) is 0.451. The van der Waals surface area contributed by atoms with Crippen LogP contribution in [0.25, 0.3) is 0 Å². The second kappa shape index (κ2) is 6.45. The number of rotatable bonds is 6. The van der Waals surface area contributed by atoms with Gasteiger partial charge >= 0.3 is 0 Å². The number of alkyl halides is 1. The largest absolute Gasteiger partial charge is 0.278 e. The third-order valence-electron chi connectivity index (χ3n) is 2.81. The Morgan fingerprint density at radius 2 is 2.06 bits per heavy atom. The molecule has 0 spiro atoms. The Morgan fingerprint density at radius 1 is 1.24 bits per heavy atom. The standard InChI is InChI=1S/C13H16BrNOS/c14-8-4-1-5-9-17-15-10-11-6-2-3-7-12(11)13(15)16/h2-3,6-7H,1,4-5,8-10H2. The van der Waals surface area contributed by atoms with E-state index >= 15 is 0 Å². The molecule has 17 heavy (non-hydrogen) atoms. The van der Waals surface area contributed by atoms with E-state index in [1.54, 1.807) is 11.9 Å². The summed E-state index contributed by atoms with van der Waals surface area (Å²) in [5.74, 6) is 1.21. The molecule has 0 bridgehead atoms. The van der Waals surface area contributed by atoms with Crippen LogP contribution in [0, 0.1) is 0 Å². The van der Waals surface area contributed by atoms with Crippen molar-refractivity contribution in [3.05, 3.63) is 35.4 Å². The third-order valence-corrected chi connectivity index (χ3v) is 4.45. The lowest BCUT2D eigenvalue weighted by Crippen LogP contribution is -2.16. The maximum atomic E-state index is 12.0. The summed E-state index contributed by atoms with van der Waals surface area (Å²) in [6.45, 7) is 0.762. The maximum absolute atomic E-state index is 12.0. The highest BCUT2D eigenvalue weighted by molar-refractivity contribution is 9.09. The molecule has 0 atom stereocenters. The highest BCUT2D eigenvalue weighted by Crippen LogP contribution is 2.28. The Balaban J connectivity index is 1.80. The topological polar surface area (TPSA) is 20.3 Å². The van der Waals surface area contributed by atoms with Crippen LogP contribution in [0.5, 0.6) is 0 Å². The molecular formula is C13H16BrNOS. The first-order valence-electron chi connectivity index (χ1n) is 5.91. The molecule has 0 aromatic heterocycles. The number of hydrogen-bond donors (Lipinski definition) is 0. The van der Waals surface area contributed by atoms with Crippen LogP contribution in [0.4, 0.5) is 0 Å². The Labute approximate surface area is 115 Å². The summed E-state index contributed by atoms with van der Waals surface area (Å²) in [6.07, 6.45) is 3.62. The second-order valence-corrected chi connectivity index (χ2v) is 5.98. The number of hydrogen-bond acceptors (Lipinski definition) is 2. The smallest absolute Gasteiger partial charge is 0.264 e. The van der Waals surface area contributed by atoms with Gasteiger partial charge in [-0.15, -0.1) is 0 Å². The number of unbranched alkanes of at least 4 members (excludes halogenated alkanes) is 2. The third kappa shape index (κ3) is 3.26. The molecule has 0 saturated carbocycles. The fourth-order valence-electron chi connectivity index (χ4n) is 1.88. The van der Waals surface area contributed by atoms with Gasteiger partial charge in [-0.3, -0.25) is 9.10 Å². The second-order valence-electron chi connectivity index (χ2n) is 4.08. The van der Waals surface area contributed by atoms with Crippen molar-refractivity contribution in [2.75, 3.05) is 11.1 Å². The van der Waals surface area contributed by atoms with Crippen LogP contribution in [0.2, 0.25) is 0 Å². The van der Waals surface area contributed by atoms with E-state index in [0.29, 0.717) is 0 Å². The van der Waals surface area contributed by atoms with Crippen molar-refractivity contribution in [3.63, 3.8) is 0 Å². The number of halogens is 1. The minimum absolute atomic E-state index is 0.172. The van der Waals surface area contributed by atoms with Gasteiger partial charge in [-0.1, -0.05) is 40.5 Å². The van der Waals surface area contributed by atoms with Crippen LogP contribution >= 0.6 is 27.9 Å². The van der Waals surface area contributed by atoms with E-state index in [1.807, 2.05) is 28.6 Å². The number of carbonyl (C=O) groups is 1. The molecule has 2 nitrogen and oxygen atoms in total. The molecule has 1 amide bonds. The van der Waals surface area contributed by atoms with Crippen molar-refractivity contribution in [3.8, 4) is 0 Å². The first kappa shape index (κ1) is 13.0. The Bertz CT molecular complexity index is 397. The number of amides is 1.